The first kappa shape index (κ1) is 13.0. The summed E-state index contributed by atoms with van der Waals surface area (Å²) in [5.74, 6) is 1.29. The van der Waals surface area contributed by atoms with Crippen LogP contribution in [0.5, 0.6) is 5.88 Å². The van der Waals surface area contributed by atoms with E-state index in [1.165, 1.54) is 25.9 Å². The summed E-state index contributed by atoms with van der Waals surface area (Å²) in [5, 5.41) is 3.31. The molecule has 0 bridgehead atoms. The van der Waals surface area contributed by atoms with Crippen LogP contribution in [0.3, 0.4) is 0 Å². The number of hydrogen-bond donors (Lipinski definition) is 2. The molecule has 0 spiro atoms. The minimum atomic E-state index is 0.500. The molecule has 2 rings (SSSR count). The fraction of sp³-hybridized carbons (Fsp3) is 0.615. The van der Waals surface area contributed by atoms with E-state index in [-0.39, 0.29) is 0 Å². The van der Waals surface area contributed by atoms with E-state index in [0.717, 1.165) is 6.54 Å². The van der Waals surface area contributed by atoms with Gasteiger partial charge in [0.15, 0.2) is 5.82 Å². The van der Waals surface area contributed by atoms with E-state index in [2.05, 4.69) is 22.1 Å². The van der Waals surface area contributed by atoms with Crippen LogP contribution in [-0.4, -0.2) is 42.7 Å². The molecule has 0 aromatic carbocycles. The van der Waals surface area contributed by atoms with Crippen molar-refractivity contribution < 1.29 is 4.74 Å². The summed E-state index contributed by atoms with van der Waals surface area (Å²) in [6.45, 7) is 5.48. The van der Waals surface area contributed by atoms with Crippen LogP contribution >= 0.6 is 0 Å². The maximum absolute atomic E-state index is 5.89. The number of methoxy groups -OCH3 is 1. The number of rotatable bonds is 5. The van der Waals surface area contributed by atoms with Gasteiger partial charge in [0.05, 0.1) is 12.8 Å². The molecule has 1 saturated heterocycles. The Morgan fingerprint density at radius 3 is 2.83 bits per heavy atom. The summed E-state index contributed by atoms with van der Waals surface area (Å²) in [5.41, 5.74) is 6.55. The Hall–Kier alpha value is -1.49. The van der Waals surface area contributed by atoms with Crippen molar-refractivity contribution in [3.05, 3.63) is 12.1 Å². The number of ether oxygens (including phenoxy) is 1. The Bertz CT molecular complexity index is 391. The molecule has 0 saturated carbocycles. The first-order chi connectivity index (χ1) is 8.70. The lowest BCUT2D eigenvalue weighted by molar-refractivity contribution is 0.269. The zero-order valence-corrected chi connectivity index (χ0v) is 11.1. The van der Waals surface area contributed by atoms with Gasteiger partial charge in [-0.2, -0.15) is 4.98 Å². The Balaban J connectivity index is 1.92. The second-order valence-corrected chi connectivity index (χ2v) is 4.76. The molecule has 0 aliphatic carbocycles. The van der Waals surface area contributed by atoms with Crippen LogP contribution in [-0.2, 0) is 0 Å². The van der Waals surface area contributed by atoms with Gasteiger partial charge in [-0.1, -0.05) is 0 Å². The molecular formula is C13H22N4O. The molecule has 5 nitrogen and oxygen atoms in total. The van der Waals surface area contributed by atoms with Crippen LogP contribution in [0.25, 0.3) is 0 Å². The molecule has 1 fully saturated rings. The summed E-state index contributed by atoms with van der Waals surface area (Å²) >= 11 is 0. The number of hydrogen-bond acceptors (Lipinski definition) is 5. The lowest BCUT2D eigenvalue weighted by Crippen LogP contribution is -2.35. The molecule has 18 heavy (non-hydrogen) atoms. The van der Waals surface area contributed by atoms with Gasteiger partial charge < -0.3 is 15.8 Å². The van der Waals surface area contributed by atoms with Gasteiger partial charge in [0.2, 0.25) is 5.88 Å². The van der Waals surface area contributed by atoms with Crippen molar-refractivity contribution >= 4 is 11.5 Å². The first-order valence-corrected chi connectivity index (χ1v) is 6.49. The fourth-order valence-corrected chi connectivity index (χ4v) is 2.26. The molecule has 0 amide bonds. The number of likely N-dealkylation sites (tertiary alicyclic amines) is 1. The van der Waals surface area contributed by atoms with E-state index < -0.39 is 0 Å². The van der Waals surface area contributed by atoms with Gasteiger partial charge >= 0.3 is 0 Å². The maximum Gasteiger partial charge on any atom is 0.215 e. The van der Waals surface area contributed by atoms with Gasteiger partial charge in [-0.25, -0.2) is 0 Å². The van der Waals surface area contributed by atoms with Crippen LogP contribution in [0.15, 0.2) is 12.1 Å². The van der Waals surface area contributed by atoms with Gasteiger partial charge in [0.25, 0.3) is 0 Å². The number of aromatic nitrogens is 1. The Kier molecular flexibility index (Phi) is 4.25. The normalized spacial score (nSPS) is 17.7. The number of nitrogens with zero attached hydrogens (tertiary/aromatic N) is 2. The van der Waals surface area contributed by atoms with Gasteiger partial charge in [-0.15, -0.1) is 0 Å². The van der Waals surface area contributed by atoms with Crippen molar-refractivity contribution in [3.63, 3.8) is 0 Å². The standard InChI is InChI=1S/C13H22N4O/c1-10(17-7-3-4-8-17)9-15-13-11(14)5-6-12(16-13)18-2/h5-6,10H,3-4,7-9,14H2,1-2H3,(H,15,16). The largest absolute Gasteiger partial charge is 0.481 e. The third-order valence-electron chi connectivity index (χ3n) is 3.44. The number of nitrogens with two attached hydrogens (primary N) is 1. The predicted molar refractivity (Wildman–Crippen MR) is 74.0 cm³/mol. The summed E-state index contributed by atoms with van der Waals surface area (Å²) in [6, 6.07) is 4.08. The molecule has 100 valence electrons. The zero-order valence-electron chi connectivity index (χ0n) is 11.1. The number of anilines is 2. The van der Waals surface area contributed by atoms with Gasteiger partial charge in [0, 0.05) is 18.7 Å². The van der Waals surface area contributed by atoms with Crippen LogP contribution in [0.2, 0.25) is 0 Å². The molecule has 0 radical (unpaired) electrons. The van der Waals surface area contributed by atoms with Crippen molar-refractivity contribution in [1.29, 1.82) is 0 Å². The minimum absolute atomic E-state index is 0.500. The summed E-state index contributed by atoms with van der Waals surface area (Å²) < 4.78 is 5.10. The van der Waals surface area contributed by atoms with Crippen LogP contribution in [0.4, 0.5) is 11.5 Å². The molecule has 1 aromatic heterocycles. The van der Waals surface area contributed by atoms with Crippen molar-refractivity contribution in [1.82, 2.24) is 9.88 Å². The third kappa shape index (κ3) is 3.04. The highest BCUT2D eigenvalue weighted by molar-refractivity contribution is 5.61. The molecule has 1 aliphatic heterocycles. The number of pyridine rings is 1. The molecule has 3 N–H and O–H groups in total. The molecule has 2 heterocycles. The average Bonchev–Trinajstić information content (AvgIpc) is 2.91. The zero-order chi connectivity index (χ0) is 13.0. The van der Waals surface area contributed by atoms with Crippen molar-refractivity contribution in [3.8, 4) is 5.88 Å². The lowest BCUT2D eigenvalue weighted by atomic mass is 10.3. The van der Waals surface area contributed by atoms with Crippen molar-refractivity contribution in [2.75, 3.05) is 37.8 Å². The van der Waals surface area contributed by atoms with E-state index in [1.54, 1.807) is 13.2 Å². The van der Waals surface area contributed by atoms with E-state index in [9.17, 15) is 0 Å². The molecule has 1 aliphatic rings. The highest BCUT2D eigenvalue weighted by Gasteiger charge is 2.18. The van der Waals surface area contributed by atoms with E-state index in [0.29, 0.717) is 23.4 Å². The first-order valence-electron chi connectivity index (χ1n) is 6.49. The van der Waals surface area contributed by atoms with Crippen LogP contribution in [0, 0.1) is 0 Å². The van der Waals surface area contributed by atoms with Crippen LogP contribution < -0.4 is 15.8 Å². The minimum Gasteiger partial charge on any atom is -0.481 e. The average molecular weight is 250 g/mol. The SMILES string of the molecule is COc1ccc(N)c(NCC(C)N2CCCC2)n1. The highest BCUT2D eigenvalue weighted by atomic mass is 16.5. The summed E-state index contributed by atoms with van der Waals surface area (Å²) in [7, 11) is 1.61. The predicted octanol–water partition coefficient (Wildman–Crippen LogP) is 1.57. The lowest BCUT2D eigenvalue weighted by Gasteiger charge is -2.24. The smallest absolute Gasteiger partial charge is 0.215 e. The Morgan fingerprint density at radius 2 is 2.17 bits per heavy atom. The molecule has 1 aromatic rings. The second-order valence-electron chi connectivity index (χ2n) is 4.76. The summed E-state index contributed by atoms with van der Waals surface area (Å²) in [4.78, 5) is 6.80. The van der Waals surface area contributed by atoms with E-state index >= 15 is 0 Å². The molecular weight excluding hydrogens is 228 g/mol. The van der Waals surface area contributed by atoms with Gasteiger partial charge in [-0.3, -0.25) is 4.90 Å². The maximum atomic E-state index is 5.89. The van der Waals surface area contributed by atoms with E-state index in [1.807, 2.05) is 6.07 Å². The van der Waals surface area contributed by atoms with Gasteiger partial charge in [0.1, 0.15) is 0 Å². The molecule has 1 atom stereocenters. The molecule has 1 unspecified atom stereocenters. The van der Waals surface area contributed by atoms with E-state index in [4.69, 9.17) is 10.5 Å². The highest BCUT2D eigenvalue weighted by Crippen LogP contribution is 2.20. The van der Waals surface area contributed by atoms with Crippen molar-refractivity contribution in [2.45, 2.75) is 25.8 Å². The topological polar surface area (TPSA) is 63.4 Å². The monoisotopic (exact) mass is 250 g/mol. The fourth-order valence-electron chi connectivity index (χ4n) is 2.26. The number of nitrogen functional groups attached to an aromatic ring is 1. The number of nitrogens with one attached hydrogen (secondary N) is 1. The second kappa shape index (κ2) is 5.91. The Morgan fingerprint density at radius 1 is 1.44 bits per heavy atom. The van der Waals surface area contributed by atoms with Crippen LogP contribution in [0.1, 0.15) is 19.8 Å². The van der Waals surface area contributed by atoms with Gasteiger partial charge in [-0.05, 0) is 38.9 Å². The summed E-state index contributed by atoms with van der Waals surface area (Å²) in [6.07, 6.45) is 2.62. The molecule has 5 heteroatoms. The Labute approximate surface area is 108 Å². The quantitative estimate of drug-likeness (QED) is 0.830. The van der Waals surface area contributed by atoms with Crippen molar-refractivity contribution in [2.24, 2.45) is 0 Å². The third-order valence-corrected chi connectivity index (χ3v) is 3.44.